The Labute approximate surface area is 147 Å². The van der Waals surface area contributed by atoms with Gasteiger partial charge in [-0.15, -0.1) is 0 Å². The minimum absolute atomic E-state index is 0.146. The number of nitrogens with one attached hydrogen (secondary N) is 1. The molecule has 2 N–H and O–H groups in total. The van der Waals surface area contributed by atoms with Crippen molar-refractivity contribution < 1.29 is 23.1 Å². The molecule has 7 heteroatoms. The van der Waals surface area contributed by atoms with Gasteiger partial charge in [-0.2, -0.15) is 0 Å². The molecule has 1 heterocycles. The Kier molecular flexibility index (Phi) is 4.62. The molecular weight excluding hydrogens is 342 g/mol. The second-order valence-corrected chi connectivity index (χ2v) is 9.59. The van der Waals surface area contributed by atoms with E-state index in [1.807, 2.05) is 31.2 Å². The van der Waals surface area contributed by atoms with Crippen LogP contribution >= 0.6 is 0 Å². The molecule has 0 bridgehead atoms. The summed E-state index contributed by atoms with van der Waals surface area (Å²) in [7, 11) is -2.96. The number of carboxylic acids is 1. The SMILES string of the molecule is Cc1ccccc1C(CC(=O)O)NC(=O)C1CC12CCS(=O)(=O)CC2. The van der Waals surface area contributed by atoms with Gasteiger partial charge in [0.1, 0.15) is 9.84 Å². The zero-order chi connectivity index (χ0) is 18.2. The van der Waals surface area contributed by atoms with Gasteiger partial charge < -0.3 is 10.4 Å². The van der Waals surface area contributed by atoms with Gasteiger partial charge in [-0.1, -0.05) is 24.3 Å². The topological polar surface area (TPSA) is 101 Å². The molecule has 1 spiro atoms. The zero-order valence-electron chi connectivity index (χ0n) is 14.2. The van der Waals surface area contributed by atoms with Crippen molar-refractivity contribution >= 4 is 21.7 Å². The summed E-state index contributed by atoms with van der Waals surface area (Å²) >= 11 is 0. The Balaban J connectivity index is 1.70. The van der Waals surface area contributed by atoms with Gasteiger partial charge in [-0.3, -0.25) is 9.59 Å². The summed E-state index contributed by atoms with van der Waals surface area (Å²) in [6.07, 6.45) is 1.58. The first kappa shape index (κ1) is 17.9. The molecule has 1 aliphatic heterocycles. The number of carbonyl (C=O) groups is 2. The normalized spacial score (nSPS) is 24.4. The van der Waals surface area contributed by atoms with Crippen molar-refractivity contribution in [3.05, 3.63) is 35.4 Å². The van der Waals surface area contributed by atoms with E-state index < -0.39 is 21.8 Å². The highest BCUT2D eigenvalue weighted by Crippen LogP contribution is 2.59. The van der Waals surface area contributed by atoms with Crippen molar-refractivity contribution in [1.82, 2.24) is 5.32 Å². The predicted octanol–water partition coefficient (Wildman–Crippen LogP) is 1.84. The molecule has 1 saturated heterocycles. The Hall–Kier alpha value is -1.89. The number of benzene rings is 1. The second kappa shape index (κ2) is 6.44. The summed E-state index contributed by atoms with van der Waals surface area (Å²) < 4.78 is 23.2. The quantitative estimate of drug-likeness (QED) is 0.829. The number of carboxylic acid groups (broad SMARTS) is 1. The minimum Gasteiger partial charge on any atom is -0.481 e. The summed E-state index contributed by atoms with van der Waals surface area (Å²) in [5, 5.41) is 12.1. The van der Waals surface area contributed by atoms with Crippen molar-refractivity contribution in [2.24, 2.45) is 11.3 Å². The van der Waals surface area contributed by atoms with E-state index >= 15 is 0 Å². The number of aliphatic carboxylic acids is 1. The average molecular weight is 365 g/mol. The van der Waals surface area contributed by atoms with E-state index in [9.17, 15) is 23.1 Å². The molecule has 1 saturated carbocycles. The van der Waals surface area contributed by atoms with Crippen LogP contribution in [0.4, 0.5) is 0 Å². The first-order valence-electron chi connectivity index (χ1n) is 8.51. The van der Waals surface area contributed by atoms with E-state index in [-0.39, 0.29) is 35.2 Å². The third-order valence-corrected chi connectivity index (χ3v) is 7.24. The Bertz CT molecular complexity index is 787. The molecule has 0 radical (unpaired) electrons. The van der Waals surface area contributed by atoms with Crippen LogP contribution in [0.15, 0.2) is 24.3 Å². The number of hydrogen-bond acceptors (Lipinski definition) is 4. The van der Waals surface area contributed by atoms with Gasteiger partial charge in [-0.05, 0) is 42.7 Å². The Morgan fingerprint density at radius 3 is 2.52 bits per heavy atom. The Morgan fingerprint density at radius 1 is 1.28 bits per heavy atom. The van der Waals surface area contributed by atoms with Crippen molar-refractivity contribution in [1.29, 1.82) is 0 Å². The Morgan fingerprint density at radius 2 is 1.92 bits per heavy atom. The van der Waals surface area contributed by atoms with E-state index in [2.05, 4.69) is 5.32 Å². The van der Waals surface area contributed by atoms with E-state index in [0.717, 1.165) is 11.1 Å². The highest BCUT2D eigenvalue weighted by Gasteiger charge is 2.59. The van der Waals surface area contributed by atoms with Gasteiger partial charge in [0.25, 0.3) is 0 Å². The van der Waals surface area contributed by atoms with E-state index in [1.165, 1.54) is 0 Å². The molecule has 0 aromatic heterocycles. The lowest BCUT2D eigenvalue weighted by molar-refractivity contribution is -0.137. The minimum atomic E-state index is -2.96. The zero-order valence-corrected chi connectivity index (χ0v) is 15.0. The lowest BCUT2D eigenvalue weighted by Crippen LogP contribution is -2.35. The molecule has 6 nitrogen and oxygen atoms in total. The van der Waals surface area contributed by atoms with E-state index in [0.29, 0.717) is 19.3 Å². The molecule has 2 unspecified atom stereocenters. The maximum Gasteiger partial charge on any atom is 0.305 e. The van der Waals surface area contributed by atoms with Crippen molar-refractivity contribution in [2.45, 2.75) is 38.6 Å². The largest absolute Gasteiger partial charge is 0.481 e. The van der Waals surface area contributed by atoms with Gasteiger partial charge in [0.2, 0.25) is 5.91 Å². The molecule has 2 atom stereocenters. The lowest BCUT2D eigenvalue weighted by atomic mass is 9.95. The van der Waals surface area contributed by atoms with E-state index in [4.69, 9.17) is 0 Å². The summed E-state index contributed by atoms with van der Waals surface area (Å²) in [6, 6.07) is 6.85. The van der Waals surface area contributed by atoms with E-state index in [1.54, 1.807) is 0 Å². The molecular formula is C18H23NO5S. The molecule has 1 aliphatic carbocycles. The van der Waals surface area contributed by atoms with Gasteiger partial charge in [0, 0.05) is 5.92 Å². The first-order chi connectivity index (χ1) is 11.7. The second-order valence-electron chi connectivity index (χ2n) is 7.29. The number of aryl methyl sites for hydroxylation is 1. The maximum absolute atomic E-state index is 12.7. The molecule has 1 amide bonds. The number of carbonyl (C=O) groups excluding carboxylic acids is 1. The number of rotatable bonds is 5. The number of amides is 1. The summed E-state index contributed by atoms with van der Waals surface area (Å²) in [6.45, 7) is 1.89. The van der Waals surface area contributed by atoms with Crippen LogP contribution in [0.2, 0.25) is 0 Å². The number of sulfone groups is 1. The molecule has 2 aliphatic rings. The van der Waals surface area contributed by atoms with Crippen LogP contribution in [0.3, 0.4) is 0 Å². The summed E-state index contributed by atoms with van der Waals surface area (Å²) in [4.78, 5) is 23.9. The fourth-order valence-electron chi connectivity index (χ4n) is 3.88. The molecule has 2 fully saturated rings. The third-order valence-electron chi connectivity index (χ3n) is 5.59. The van der Waals surface area contributed by atoms with Crippen LogP contribution in [-0.2, 0) is 19.4 Å². The van der Waals surface area contributed by atoms with Gasteiger partial charge in [0.15, 0.2) is 0 Å². The van der Waals surface area contributed by atoms with Crippen LogP contribution in [0.25, 0.3) is 0 Å². The fraction of sp³-hybridized carbons (Fsp3) is 0.556. The van der Waals surface area contributed by atoms with Crippen molar-refractivity contribution in [2.75, 3.05) is 11.5 Å². The van der Waals surface area contributed by atoms with Crippen LogP contribution in [0.1, 0.15) is 42.9 Å². The molecule has 1 aromatic carbocycles. The summed E-state index contributed by atoms with van der Waals surface area (Å²) in [5.74, 6) is -1.04. The third kappa shape index (κ3) is 3.86. The monoisotopic (exact) mass is 365 g/mol. The van der Waals surface area contributed by atoms with Crippen LogP contribution in [0, 0.1) is 18.3 Å². The first-order valence-corrected chi connectivity index (χ1v) is 10.3. The molecule has 3 rings (SSSR count). The standard InChI is InChI=1S/C18H23NO5S/c1-12-4-2-3-5-13(12)15(10-16(20)21)19-17(22)14-11-18(14)6-8-25(23,24)9-7-18/h2-5,14-15H,6-11H2,1H3,(H,19,22)(H,20,21). The van der Waals surface area contributed by atoms with Crippen molar-refractivity contribution in [3.63, 3.8) is 0 Å². The predicted molar refractivity (Wildman–Crippen MR) is 92.7 cm³/mol. The lowest BCUT2D eigenvalue weighted by Gasteiger charge is -2.24. The fourth-order valence-corrected chi connectivity index (χ4v) is 5.52. The molecule has 25 heavy (non-hydrogen) atoms. The summed E-state index contributed by atoms with van der Waals surface area (Å²) in [5.41, 5.74) is 1.54. The van der Waals surface area contributed by atoms with Gasteiger partial charge in [0.05, 0.1) is 24.0 Å². The highest BCUT2D eigenvalue weighted by atomic mass is 32.2. The van der Waals surface area contributed by atoms with Crippen LogP contribution < -0.4 is 5.32 Å². The number of hydrogen-bond donors (Lipinski definition) is 2. The smallest absolute Gasteiger partial charge is 0.305 e. The van der Waals surface area contributed by atoms with Crippen LogP contribution in [0.5, 0.6) is 0 Å². The molecule has 1 aromatic rings. The maximum atomic E-state index is 12.7. The molecule has 136 valence electrons. The van der Waals surface area contributed by atoms with Gasteiger partial charge >= 0.3 is 5.97 Å². The highest BCUT2D eigenvalue weighted by molar-refractivity contribution is 7.91. The average Bonchev–Trinajstić information content (AvgIpc) is 3.25. The van der Waals surface area contributed by atoms with Crippen molar-refractivity contribution in [3.8, 4) is 0 Å². The van der Waals surface area contributed by atoms with Crippen LogP contribution in [-0.4, -0.2) is 36.9 Å². The van der Waals surface area contributed by atoms with Gasteiger partial charge in [-0.25, -0.2) is 8.42 Å².